The van der Waals surface area contributed by atoms with E-state index in [1.165, 1.54) is 0 Å². The molecule has 7 heteroatoms. The number of imidazole rings is 1. The number of rotatable bonds is 1. The summed E-state index contributed by atoms with van der Waals surface area (Å²) in [7, 11) is 1.80. The Morgan fingerprint density at radius 2 is 2.00 bits per heavy atom. The Morgan fingerprint density at radius 3 is 2.71 bits per heavy atom. The summed E-state index contributed by atoms with van der Waals surface area (Å²) >= 11 is 0. The van der Waals surface area contributed by atoms with E-state index >= 15 is 0 Å². The Morgan fingerprint density at radius 1 is 1.24 bits per heavy atom. The standard InChI is InChI=1S/C14H15N5O2/c1-19-13(15)8(7-16-19)14-17-9-5-11-12(6-10(9)18-14)21-4-2-3-20-11/h5-7H,2-4,15H2,1H3,(H,17,18). The molecule has 0 unspecified atom stereocenters. The first kappa shape index (κ1) is 12.1. The molecule has 21 heavy (non-hydrogen) atoms. The molecule has 0 spiro atoms. The molecule has 7 nitrogen and oxygen atoms in total. The normalized spacial score (nSPS) is 14.3. The average Bonchev–Trinajstić information content (AvgIpc) is 2.93. The number of fused-ring (bicyclic) bond motifs is 2. The second-order valence-corrected chi connectivity index (χ2v) is 5.02. The van der Waals surface area contributed by atoms with Crippen LogP contribution in [0.5, 0.6) is 11.5 Å². The molecule has 0 aliphatic carbocycles. The molecule has 0 fully saturated rings. The summed E-state index contributed by atoms with van der Waals surface area (Å²) < 4.78 is 13.0. The quantitative estimate of drug-likeness (QED) is 0.710. The largest absolute Gasteiger partial charge is 0.489 e. The van der Waals surface area contributed by atoms with E-state index in [1.807, 2.05) is 12.1 Å². The molecule has 3 aromatic rings. The fraction of sp³-hybridized carbons (Fsp3) is 0.286. The predicted octanol–water partition coefficient (Wildman–Crippen LogP) is 1.71. The zero-order valence-electron chi connectivity index (χ0n) is 11.6. The minimum absolute atomic E-state index is 0.572. The fourth-order valence-corrected chi connectivity index (χ4v) is 2.42. The summed E-state index contributed by atoms with van der Waals surface area (Å²) in [5.74, 6) is 2.74. The van der Waals surface area contributed by atoms with Crippen LogP contribution >= 0.6 is 0 Å². The number of anilines is 1. The van der Waals surface area contributed by atoms with Gasteiger partial charge in [-0.05, 0) is 0 Å². The number of nitrogens with one attached hydrogen (secondary N) is 1. The SMILES string of the molecule is Cn1ncc(-c2nc3cc4c(cc3[nH]2)OCCCO4)c1N. The number of hydrogen-bond acceptors (Lipinski definition) is 5. The van der Waals surface area contributed by atoms with E-state index in [2.05, 4.69) is 15.1 Å². The number of H-pyrrole nitrogens is 1. The summed E-state index contributed by atoms with van der Waals surface area (Å²) in [6.07, 6.45) is 2.58. The van der Waals surface area contributed by atoms with Crippen LogP contribution < -0.4 is 15.2 Å². The Hall–Kier alpha value is -2.70. The average molecular weight is 285 g/mol. The number of aromatic nitrogens is 4. The molecular formula is C14H15N5O2. The van der Waals surface area contributed by atoms with Crippen molar-refractivity contribution in [3.63, 3.8) is 0 Å². The highest BCUT2D eigenvalue weighted by molar-refractivity contribution is 5.84. The van der Waals surface area contributed by atoms with Gasteiger partial charge in [0.1, 0.15) is 11.6 Å². The van der Waals surface area contributed by atoms with Gasteiger partial charge in [-0.15, -0.1) is 0 Å². The van der Waals surface area contributed by atoms with Gasteiger partial charge in [0.15, 0.2) is 11.5 Å². The number of aromatic amines is 1. The van der Waals surface area contributed by atoms with Crippen LogP contribution in [0, 0.1) is 0 Å². The summed E-state index contributed by atoms with van der Waals surface area (Å²) in [6.45, 7) is 1.32. The van der Waals surface area contributed by atoms with Gasteiger partial charge in [0.2, 0.25) is 0 Å². The van der Waals surface area contributed by atoms with Gasteiger partial charge in [-0.2, -0.15) is 5.10 Å². The van der Waals surface area contributed by atoms with Crippen molar-refractivity contribution in [1.29, 1.82) is 0 Å². The zero-order valence-corrected chi connectivity index (χ0v) is 11.6. The highest BCUT2D eigenvalue weighted by Crippen LogP contribution is 2.35. The van der Waals surface area contributed by atoms with E-state index < -0.39 is 0 Å². The van der Waals surface area contributed by atoms with Crippen LogP contribution in [0.25, 0.3) is 22.4 Å². The molecule has 3 N–H and O–H groups in total. The van der Waals surface area contributed by atoms with Crippen molar-refractivity contribution in [2.75, 3.05) is 18.9 Å². The van der Waals surface area contributed by atoms with Gasteiger partial charge in [-0.3, -0.25) is 4.68 Å². The van der Waals surface area contributed by atoms with Crippen LogP contribution in [-0.4, -0.2) is 33.0 Å². The summed E-state index contributed by atoms with van der Waals surface area (Å²) in [6, 6.07) is 3.81. The molecule has 0 amide bonds. The Bertz CT molecular complexity index is 777. The molecule has 0 radical (unpaired) electrons. The number of nitrogens with two attached hydrogens (primary N) is 1. The molecule has 1 aromatic carbocycles. The van der Waals surface area contributed by atoms with Crippen molar-refractivity contribution in [3.05, 3.63) is 18.3 Å². The minimum Gasteiger partial charge on any atom is -0.489 e. The third-order valence-electron chi connectivity index (χ3n) is 3.59. The number of nitrogens with zero attached hydrogens (tertiary/aromatic N) is 3. The minimum atomic E-state index is 0.572. The van der Waals surface area contributed by atoms with Crippen molar-refractivity contribution in [2.24, 2.45) is 7.05 Å². The summed E-state index contributed by atoms with van der Waals surface area (Å²) in [5, 5.41) is 4.13. The molecule has 1 aliphatic rings. The third-order valence-corrected chi connectivity index (χ3v) is 3.59. The van der Waals surface area contributed by atoms with Crippen LogP contribution in [0.3, 0.4) is 0 Å². The maximum atomic E-state index is 5.99. The highest BCUT2D eigenvalue weighted by atomic mass is 16.5. The smallest absolute Gasteiger partial charge is 0.163 e. The molecule has 1 aliphatic heterocycles. The molecule has 4 rings (SSSR count). The Labute approximate surface area is 120 Å². The topological polar surface area (TPSA) is 91.0 Å². The monoisotopic (exact) mass is 285 g/mol. The van der Waals surface area contributed by atoms with Crippen LogP contribution in [0.15, 0.2) is 18.3 Å². The fourth-order valence-electron chi connectivity index (χ4n) is 2.42. The predicted molar refractivity (Wildman–Crippen MR) is 78.3 cm³/mol. The van der Waals surface area contributed by atoms with E-state index in [-0.39, 0.29) is 0 Å². The molecule has 0 saturated carbocycles. The lowest BCUT2D eigenvalue weighted by Gasteiger charge is -2.05. The summed E-state index contributed by atoms with van der Waals surface area (Å²) in [5.41, 5.74) is 8.48. The first-order chi connectivity index (χ1) is 10.2. The molecular weight excluding hydrogens is 270 g/mol. The first-order valence-corrected chi connectivity index (χ1v) is 6.79. The van der Waals surface area contributed by atoms with Crippen LogP contribution in [0.1, 0.15) is 6.42 Å². The number of benzene rings is 1. The summed E-state index contributed by atoms with van der Waals surface area (Å²) in [4.78, 5) is 7.83. The van der Waals surface area contributed by atoms with E-state index in [1.54, 1.807) is 17.9 Å². The van der Waals surface area contributed by atoms with Crippen LogP contribution in [0.2, 0.25) is 0 Å². The molecule has 0 atom stereocenters. The van der Waals surface area contributed by atoms with Gasteiger partial charge in [-0.25, -0.2) is 4.98 Å². The number of ether oxygens (including phenoxy) is 2. The lowest BCUT2D eigenvalue weighted by Crippen LogP contribution is -1.98. The van der Waals surface area contributed by atoms with Gasteiger partial charge in [0, 0.05) is 25.6 Å². The van der Waals surface area contributed by atoms with E-state index in [4.69, 9.17) is 15.2 Å². The van der Waals surface area contributed by atoms with Crippen LogP contribution in [0.4, 0.5) is 5.82 Å². The van der Waals surface area contributed by atoms with Gasteiger partial charge in [-0.1, -0.05) is 0 Å². The van der Waals surface area contributed by atoms with Crippen LogP contribution in [-0.2, 0) is 7.05 Å². The molecule has 2 aromatic heterocycles. The lowest BCUT2D eigenvalue weighted by molar-refractivity contribution is 0.297. The number of hydrogen-bond donors (Lipinski definition) is 2. The van der Waals surface area contributed by atoms with Gasteiger partial charge < -0.3 is 20.2 Å². The lowest BCUT2D eigenvalue weighted by atomic mass is 10.3. The molecule has 3 heterocycles. The third kappa shape index (κ3) is 1.89. The maximum absolute atomic E-state index is 5.99. The van der Waals surface area contributed by atoms with Crippen molar-refractivity contribution in [3.8, 4) is 22.9 Å². The molecule has 0 saturated heterocycles. The van der Waals surface area contributed by atoms with Crippen molar-refractivity contribution in [2.45, 2.75) is 6.42 Å². The van der Waals surface area contributed by atoms with Crippen molar-refractivity contribution < 1.29 is 9.47 Å². The van der Waals surface area contributed by atoms with Gasteiger partial charge in [0.25, 0.3) is 0 Å². The van der Waals surface area contributed by atoms with Gasteiger partial charge in [0.05, 0.1) is 36.0 Å². The first-order valence-electron chi connectivity index (χ1n) is 6.79. The maximum Gasteiger partial charge on any atom is 0.163 e. The zero-order chi connectivity index (χ0) is 14.4. The second-order valence-electron chi connectivity index (χ2n) is 5.02. The Balaban J connectivity index is 1.85. The van der Waals surface area contributed by atoms with Gasteiger partial charge >= 0.3 is 0 Å². The Kier molecular flexibility index (Phi) is 2.53. The number of aryl methyl sites for hydroxylation is 1. The highest BCUT2D eigenvalue weighted by Gasteiger charge is 2.16. The van der Waals surface area contributed by atoms with Crippen molar-refractivity contribution in [1.82, 2.24) is 19.7 Å². The van der Waals surface area contributed by atoms with E-state index in [0.29, 0.717) is 24.9 Å². The van der Waals surface area contributed by atoms with Crippen molar-refractivity contribution >= 4 is 16.9 Å². The number of nitrogen functional groups attached to an aromatic ring is 1. The second kappa shape index (κ2) is 4.41. The van der Waals surface area contributed by atoms with E-state index in [0.717, 1.165) is 34.5 Å². The van der Waals surface area contributed by atoms with E-state index in [9.17, 15) is 0 Å². The molecule has 0 bridgehead atoms. The molecule has 108 valence electrons.